The molecule has 7 nitrogen and oxygen atoms in total. The molecule has 1 aliphatic rings. The Bertz CT molecular complexity index is 675. The summed E-state index contributed by atoms with van der Waals surface area (Å²) >= 11 is 5.98. The van der Waals surface area contributed by atoms with Crippen LogP contribution in [-0.4, -0.2) is 70.4 Å². The van der Waals surface area contributed by atoms with E-state index in [4.69, 9.17) is 16.3 Å². The first kappa shape index (κ1) is 18.0. The Morgan fingerprint density at radius 2 is 2.04 bits per heavy atom. The summed E-state index contributed by atoms with van der Waals surface area (Å²) in [6.45, 7) is 2.40. The normalized spacial score (nSPS) is 15.7. The highest BCUT2D eigenvalue weighted by Gasteiger charge is 2.26. The maximum Gasteiger partial charge on any atom is 0.243 e. The van der Waals surface area contributed by atoms with Crippen LogP contribution in [-0.2, 0) is 14.8 Å². The Kier molecular flexibility index (Phi) is 5.85. The molecule has 0 saturated carbocycles. The van der Waals surface area contributed by atoms with Crippen LogP contribution in [0, 0.1) is 0 Å². The highest BCUT2D eigenvalue weighted by molar-refractivity contribution is 7.89. The number of nitrogens with zero attached hydrogens (tertiary/aromatic N) is 2. The molecule has 1 saturated heterocycles. The van der Waals surface area contributed by atoms with Crippen LogP contribution >= 0.6 is 11.6 Å². The van der Waals surface area contributed by atoms with Gasteiger partial charge in [0.2, 0.25) is 15.9 Å². The van der Waals surface area contributed by atoms with Crippen molar-refractivity contribution in [3.8, 4) is 5.75 Å². The van der Waals surface area contributed by atoms with Crippen molar-refractivity contribution in [2.45, 2.75) is 4.90 Å². The Morgan fingerprint density at radius 3 is 2.61 bits per heavy atom. The van der Waals surface area contributed by atoms with Crippen LogP contribution in [0.1, 0.15) is 0 Å². The smallest absolute Gasteiger partial charge is 0.243 e. The van der Waals surface area contributed by atoms with E-state index < -0.39 is 10.0 Å². The fourth-order valence-electron chi connectivity index (χ4n) is 2.28. The van der Waals surface area contributed by atoms with E-state index in [0.29, 0.717) is 18.8 Å². The SMILES string of the molecule is COc1ccc(S(=O)(=O)N(C)CC(=O)N2CCNCC2)cc1Cl. The van der Waals surface area contributed by atoms with Crippen molar-refractivity contribution < 1.29 is 17.9 Å². The molecule has 1 heterocycles. The zero-order valence-corrected chi connectivity index (χ0v) is 14.7. The third-order valence-electron chi connectivity index (χ3n) is 3.66. The van der Waals surface area contributed by atoms with Crippen LogP contribution in [0.2, 0.25) is 5.02 Å². The van der Waals surface area contributed by atoms with Crippen molar-refractivity contribution in [1.29, 1.82) is 0 Å². The van der Waals surface area contributed by atoms with E-state index in [1.54, 1.807) is 4.90 Å². The van der Waals surface area contributed by atoms with Gasteiger partial charge in [0, 0.05) is 33.2 Å². The van der Waals surface area contributed by atoms with E-state index in [1.165, 1.54) is 32.4 Å². The van der Waals surface area contributed by atoms with E-state index in [2.05, 4.69) is 5.32 Å². The van der Waals surface area contributed by atoms with Crippen LogP contribution in [0.5, 0.6) is 5.75 Å². The van der Waals surface area contributed by atoms with Gasteiger partial charge in [-0.1, -0.05) is 11.6 Å². The number of methoxy groups -OCH3 is 1. The molecule has 0 atom stereocenters. The monoisotopic (exact) mass is 361 g/mol. The summed E-state index contributed by atoms with van der Waals surface area (Å²) in [6.07, 6.45) is 0. The second-order valence-corrected chi connectivity index (χ2v) is 7.64. The van der Waals surface area contributed by atoms with Crippen LogP contribution < -0.4 is 10.1 Å². The number of amides is 1. The summed E-state index contributed by atoms with van der Waals surface area (Å²) in [7, 11) is -0.955. The van der Waals surface area contributed by atoms with Crippen molar-refractivity contribution in [2.75, 3.05) is 46.9 Å². The minimum Gasteiger partial charge on any atom is -0.495 e. The summed E-state index contributed by atoms with van der Waals surface area (Å²) in [5, 5.41) is 3.35. The molecule has 2 rings (SSSR count). The maximum atomic E-state index is 12.5. The molecule has 1 aromatic carbocycles. The van der Waals surface area contributed by atoms with E-state index in [9.17, 15) is 13.2 Å². The second-order valence-electron chi connectivity index (χ2n) is 5.19. The summed E-state index contributed by atoms with van der Waals surface area (Å²) < 4.78 is 31.1. The number of carbonyl (C=O) groups is 1. The highest BCUT2D eigenvalue weighted by atomic mass is 35.5. The average molecular weight is 362 g/mol. The number of piperazine rings is 1. The van der Waals surface area contributed by atoms with Crippen molar-refractivity contribution in [3.63, 3.8) is 0 Å². The molecule has 128 valence electrons. The summed E-state index contributed by atoms with van der Waals surface area (Å²) in [5.41, 5.74) is 0. The van der Waals surface area contributed by atoms with E-state index in [-0.39, 0.29) is 22.4 Å². The fourth-order valence-corrected chi connectivity index (χ4v) is 3.75. The molecule has 0 spiro atoms. The Balaban J connectivity index is 2.11. The molecule has 1 aromatic rings. The second kappa shape index (κ2) is 7.48. The zero-order chi connectivity index (χ0) is 17.0. The predicted molar refractivity (Wildman–Crippen MR) is 87.3 cm³/mol. The summed E-state index contributed by atoms with van der Waals surface area (Å²) in [5.74, 6) is 0.183. The Hall–Kier alpha value is -1.35. The third-order valence-corrected chi connectivity index (χ3v) is 5.75. The molecule has 0 aromatic heterocycles. The maximum absolute atomic E-state index is 12.5. The average Bonchev–Trinajstić information content (AvgIpc) is 2.55. The quantitative estimate of drug-likeness (QED) is 0.821. The first-order valence-corrected chi connectivity index (χ1v) is 8.96. The number of rotatable bonds is 5. The summed E-state index contributed by atoms with van der Waals surface area (Å²) in [6, 6.07) is 4.22. The van der Waals surface area contributed by atoms with Gasteiger partial charge in [-0.3, -0.25) is 4.79 Å². The third kappa shape index (κ3) is 4.14. The highest BCUT2D eigenvalue weighted by Crippen LogP contribution is 2.28. The molecule has 1 aliphatic heterocycles. The van der Waals surface area contributed by atoms with E-state index >= 15 is 0 Å². The minimum absolute atomic E-state index is 0.0268. The first-order chi connectivity index (χ1) is 10.9. The minimum atomic E-state index is -3.79. The largest absolute Gasteiger partial charge is 0.495 e. The van der Waals surface area contributed by atoms with Crippen molar-refractivity contribution in [2.24, 2.45) is 0 Å². The lowest BCUT2D eigenvalue weighted by Gasteiger charge is -2.29. The number of benzene rings is 1. The van der Waals surface area contributed by atoms with Crippen LogP contribution in [0.15, 0.2) is 23.1 Å². The molecule has 1 fully saturated rings. The van der Waals surface area contributed by atoms with Gasteiger partial charge in [0.05, 0.1) is 23.6 Å². The van der Waals surface area contributed by atoms with Gasteiger partial charge < -0.3 is 15.0 Å². The number of carbonyl (C=O) groups excluding carboxylic acids is 1. The van der Waals surface area contributed by atoms with Gasteiger partial charge in [0.15, 0.2) is 0 Å². The molecule has 9 heteroatoms. The molecule has 0 bridgehead atoms. The number of likely N-dealkylation sites (N-methyl/N-ethyl adjacent to an activating group) is 1. The van der Waals surface area contributed by atoms with Gasteiger partial charge in [0.1, 0.15) is 5.75 Å². The number of hydrogen-bond donors (Lipinski definition) is 1. The van der Waals surface area contributed by atoms with Gasteiger partial charge in [-0.25, -0.2) is 8.42 Å². The van der Waals surface area contributed by atoms with Gasteiger partial charge in [0.25, 0.3) is 0 Å². The molecule has 0 radical (unpaired) electrons. The van der Waals surface area contributed by atoms with Crippen molar-refractivity contribution in [3.05, 3.63) is 23.2 Å². The fraction of sp³-hybridized carbons (Fsp3) is 0.500. The molecule has 1 N–H and O–H groups in total. The van der Waals surface area contributed by atoms with Gasteiger partial charge in [-0.2, -0.15) is 4.31 Å². The lowest BCUT2D eigenvalue weighted by Crippen LogP contribution is -2.49. The van der Waals surface area contributed by atoms with Gasteiger partial charge >= 0.3 is 0 Å². The van der Waals surface area contributed by atoms with Gasteiger partial charge in [-0.05, 0) is 18.2 Å². The predicted octanol–water partition coefficient (Wildman–Crippen LogP) is 0.401. The molecular weight excluding hydrogens is 342 g/mol. The standard InChI is InChI=1S/C14H20ClN3O4S/c1-17(10-14(19)18-7-5-16-6-8-18)23(20,21)11-3-4-13(22-2)12(15)9-11/h3-4,9,16H,5-8,10H2,1-2H3. The molecule has 23 heavy (non-hydrogen) atoms. The first-order valence-electron chi connectivity index (χ1n) is 7.14. The number of halogens is 1. The van der Waals surface area contributed by atoms with Crippen LogP contribution in [0.25, 0.3) is 0 Å². The number of nitrogens with one attached hydrogen (secondary N) is 1. The van der Waals surface area contributed by atoms with Gasteiger partial charge in [-0.15, -0.1) is 0 Å². The molecule has 1 amide bonds. The molecule has 0 aliphatic carbocycles. The number of ether oxygens (including phenoxy) is 1. The topological polar surface area (TPSA) is 79.0 Å². The summed E-state index contributed by atoms with van der Waals surface area (Å²) in [4.78, 5) is 13.9. The lowest BCUT2D eigenvalue weighted by atomic mass is 10.3. The van der Waals surface area contributed by atoms with Crippen molar-refractivity contribution >= 4 is 27.5 Å². The van der Waals surface area contributed by atoms with E-state index in [1.807, 2.05) is 0 Å². The molecular formula is C14H20ClN3O4S. The van der Waals surface area contributed by atoms with E-state index in [0.717, 1.165) is 17.4 Å². The molecule has 0 unspecified atom stereocenters. The van der Waals surface area contributed by atoms with Crippen molar-refractivity contribution in [1.82, 2.24) is 14.5 Å². The zero-order valence-electron chi connectivity index (χ0n) is 13.1. The van der Waals surface area contributed by atoms with Crippen LogP contribution in [0.3, 0.4) is 0 Å². The lowest BCUT2D eigenvalue weighted by molar-refractivity contribution is -0.131. The van der Waals surface area contributed by atoms with Crippen LogP contribution in [0.4, 0.5) is 0 Å². The Labute approximate surface area is 141 Å². The number of sulfonamides is 1. The Morgan fingerprint density at radius 1 is 1.39 bits per heavy atom. The number of hydrogen-bond acceptors (Lipinski definition) is 5.